The molecule has 4 rings (SSSR count). The number of carbonyl (C=O) groups excluding carboxylic acids is 1. The molecule has 0 atom stereocenters. The Balaban J connectivity index is 1.50. The standard InChI is InChI=1S/C21H14N2O6S/c1-12-6-7-22-21(23-12)30-11-14-9-16(24)18(10-27-14)29-20(26)15-8-13-4-2-3-5-17(13)28-19(15)25/h2-10H,11H2,1H3. The van der Waals surface area contributed by atoms with Gasteiger partial charge in [0.1, 0.15) is 23.2 Å². The second-order valence-electron chi connectivity index (χ2n) is 6.22. The Hall–Kier alpha value is -3.72. The lowest BCUT2D eigenvalue weighted by atomic mass is 10.2. The average Bonchev–Trinajstić information content (AvgIpc) is 2.73. The van der Waals surface area contributed by atoms with Gasteiger partial charge in [-0.05, 0) is 25.1 Å². The molecule has 3 heterocycles. The molecule has 0 saturated carbocycles. The Morgan fingerprint density at radius 2 is 2.00 bits per heavy atom. The van der Waals surface area contributed by atoms with Gasteiger partial charge in [0.2, 0.25) is 11.2 Å². The summed E-state index contributed by atoms with van der Waals surface area (Å²) in [5.74, 6) is -0.647. The number of ether oxygens (including phenoxy) is 1. The molecular weight excluding hydrogens is 408 g/mol. The molecule has 0 N–H and O–H groups in total. The molecule has 9 heteroatoms. The van der Waals surface area contributed by atoms with Crippen LogP contribution in [0.5, 0.6) is 5.75 Å². The summed E-state index contributed by atoms with van der Waals surface area (Å²) in [7, 11) is 0. The van der Waals surface area contributed by atoms with Crippen LogP contribution in [0, 0.1) is 6.92 Å². The Kier molecular flexibility index (Phi) is 5.44. The van der Waals surface area contributed by atoms with E-state index in [-0.39, 0.29) is 11.3 Å². The van der Waals surface area contributed by atoms with Gasteiger partial charge in [-0.25, -0.2) is 19.6 Å². The van der Waals surface area contributed by atoms with Crippen LogP contribution in [0.15, 0.2) is 78.5 Å². The number of esters is 1. The lowest BCUT2D eigenvalue weighted by Crippen LogP contribution is -2.21. The molecule has 0 spiro atoms. The van der Waals surface area contributed by atoms with E-state index in [1.807, 2.05) is 6.92 Å². The first kappa shape index (κ1) is 19.6. The molecule has 1 aromatic carbocycles. The number of para-hydroxylation sites is 1. The van der Waals surface area contributed by atoms with Crippen molar-refractivity contribution in [3.05, 3.63) is 92.6 Å². The largest absolute Gasteiger partial charge is 0.464 e. The minimum absolute atomic E-state index is 0.315. The summed E-state index contributed by atoms with van der Waals surface area (Å²) in [6, 6.07) is 11.1. The SMILES string of the molecule is Cc1ccnc(SCc2cc(=O)c(OC(=O)c3cc4ccccc4oc3=O)co2)n1. The number of benzene rings is 1. The van der Waals surface area contributed by atoms with E-state index in [1.165, 1.54) is 23.9 Å². The van der Waals surface area contributed by atoms with Gasteiger partial charge in [0.25, 0.3) is 0 Å². The highest BCUT2D eigenvalue weighted by molar-refractivity contribution is 7.98. The molecule has 0 aliphatic heterocycles. The van der Waals surface area contributed by atoms with Crippen molar-refractivity contribution in [1.29, 1.82) is 0 Å². The zero-order chi connectivity index (χ0) is 21.1. The topological polar surface area (TPSA) is 112 Å². The van der Waals surface area contributed by atoms with E-state index in [4.69, 9.17) is 13.6 Å². The highest BCUT2D eigenvalue weighted by atomic mass is 32.2. The van der Waals surface area contributed by atoms with Crippen molar-refractivity contribution in [3.63, 3.8) is 0 Å². The fraction of sp³-hybridized carbons (Fsp3) is 0.0952. The molecule has 0 aliphatic rings. The normalized spacial score (nSPS) is 10.8. The van der Waals surface area contributed by atoms with Gasteiger partial charge in [-0.1, -0.05) is 30.0 Å². The maximum atomic E-state index is 12.4. The van der Waals surface area contributed by atoms with Crippen molar-refractivity contribution in [2.45, 2.75) is 17.8 Å². The number of hydrogen-bond donors (Lipinski definition) is 0. The van der Waals surface area contributed by atoms with Gasteiger partial charge in [-0.15, -0.1) is 0 Å². The van der Waals surface area contributed by atoms with Gasteiger partial charge >= 0.3 is 11.6 Å². The first-order valence-electron chi connectivity index (χ1n) is 8.79. The Morgan fingerprint density at radius 3 is 2.80 bits per heavy atom. The van der Waals surface area contributed by atoms with Gasteiger partial charge in [0.05, 0.1) is 5.75 Å². The number of nitrogens with zero attached hydrogens (tertiary/aromatic N) is 2. The summed E-state index contributed by atoms with van der Waals surface area (Å²) in [5.41, 5.74) is -0.550. The molecule has 150 valence electrons. The van der Waals surface area contributed by atoms with Crippen molar-refractivity contribution in [2.75, 3.05) is 0 Å². The van der Waals surface area contributed by atoms with Crippen LogP contribution >= 0.6 is 11.8 Å². The van der Waals surface area contributed by atoms with Crippen molar-refractivity contribution >= 4 is 28.7 Å². The van der Waals surface area contributed by atoms with Crippen LogP contribution in [0.4, 0.5) is 0 Å². The predicted octanol–water partition coefficient (Wildman–Crippen LogP) is 3.36. The summed E-state index contributed by atoms with van der Waals surface area (Å²) in [6.45, 7) is 1.85. The zero-order valence-electron chi connectivity index (χ0n) is 15.7. The molecule has 0 bridgehead atoms. The first-order valence-corrected chi connectivity index (χ1v) is 9.77. The van der Waals surface area contributed by atoms with Crippen molar-refractivity contribution < 1.29 is 18.4 Å². The Bertz CT molecular complexity index is 1360. The predicted molar refractivity (Wildman–Crippen MR) is 109 cm³/mol. The first-order chi connectivity index (χ1) is 14.5. The number of aryl methyl sites for hydroxylation is 1. The number of fused-ring (bicyclic) bond motifs is 1. The maximum Gasteiger partial charge on any atom is 0.351 e. The van der Waals surface area contributed by atoms with Crippen LogP contribution in [-0.4, -0.2) is 15.9 Å². The molecule has 4 aromatic rings. The van der Waals surface area contributed by atoms with Crippen molar-refractivity contribution in [3.8, 4) is 5.75 Å². The van der Waals surface area contributed by atoms with Crippen molar-refractivity contribution in [2.24, 2.45) is 0 Å². The third kappa shape index (κ3) is 4.31. The number of aromatic nitrogens is 2. The van der Waals surface area contributed by atoms with Gasteiger partial charge in [0, 0.05) is 23.3 Å². The fourth-order valence-electron chi connectivity index (χ4n) is 2.58. The van der Waals surface area contributed by atoms with Crippen LogP contribution in [0.1, 0.15) is 21.8 Å². The summed E-state index contributed by atoms with van der Waals surface area (Å²) in [4.78, 5) is 45.1. The molecule has 0 aliphatic carbocycles. The molecule has 0 radical (unpaired) electrons. The monoisotopic (exact) mass is 422 g/mol. The zero-order valence-corrected chi connectivity index (χ0v) is 16.5. The highest BCUT2D eigenvalue weighted by Crippen LogP contribution is 2.20. The summed E-state index contributed by atoms with van der Waals surface area (Å²) >= 11 is 1.30. The summed E-state index contributed by atoms with van der Waals surface area (Å²) in [5, 5.41) is 1.11. The molecular formula is C21H14N2O6S. The molecule has 0 unspecified atom stereocenters. The minimum atomic E-state index is -1.00. The van der Waals surface area contributed by atoms with E-state index in [2.05, 4.69) is 9.97 Å². The Labute approximate surface area is 173 Å². The lowest BCUT2D eigenvalue weighted by Gasteiger charge is -2.05. The molecule has 0 fully saturated rings. The second kappa shape index (κ2) is 8.34. The van der Waals surface area contributed by atoms with E-state index in [0.29, 0.717) is 27.6 Å². The quantitative estimate of drug-likeness (QED) is 0.207. The van der Waals surface area contributed by atoms with E-state index in [1.54, 1.807) is 36.5 Å². The Morgan fingerprint density at radius 1 is 1.17 bits per heavy atom. The molecule has 0 amide bonds. The van der Waals surface area contributed by atoms with Crippen LogP contribution < -0.4 is 15.8 Å². The van der Waals surface area contributed by atoms with Crippen LogP contribution in [0.25, 0.3) is 11.0 Å². The minimum Gasteiger partial charge on any atom is -0.464 e. The number of thioether (sulfide) groups is 1. The van der Waals surface area contributed by atoms with Crippen LogP contribution in [0.2, 0.25) is 0 Å². The van der Waals surface area contributed by atoms with Crippen LogP contribution in [0.3, 0.4) is 0 Å². The van der Waals surface area contributed by atoms with Gasteiger partial charge < -0.3 is 13.6 Å². The van der Waals surface area contributed by atoms with E-state index >= 15 is 0 Å². The smallest absolute Gasteiger partial charge is 0.351 e. The fourth-order valence-corrected chi connectivity index (χ4v) is 3.35. The number of hydrogen-bond acceptors (Lipinski definition) is 9. The van der Waals surface area contributed by atoms with Crippen molar-refractivity contribution in [1.82, 2.24) is 9.97 Å². The van der Waals surface area contributed by atoms with E-state index in [9.17, 15) is 14.4 Å². The van der Waals surface area contributed by atoms with E-state index < -0.39 is 17.0 Å². The maximum absolute atomic E-state index is 12.4. The van der Waals surface area contributed by atoms with Gasteiger partial charge in [0.15, 0.2) is 5.16 Å². The van der Waals surface area contributed by atoms with Gasteiger partial charge in [-0.2, -0.15) is 0 Å². The van der Waals surface area contributed by atoms with Crippen LogP contribution in [-0.2, 0) is 5.75 Å². The third-order valence-electron chi connectivity index (χ3n) is 4.03. The second-order valence-corrected chi connectivity index (χ2v) is 7.16. The molecule has 0 saturated heterocycles. The van der Waals surface area contributed by atoms with Gasteiger partial charge in [-0.3, -0.25) is 4.79 Å². The molecule has 3 aromatic heterocycles. The summed E-state index contributed by atoms with van der Waals surface area (Å²) < 4.78 is 15.5. The average molecular weight is 422 g/mol. The highest BCUT2D eigenvalue weighted by Gasteiger charge is 2.18. The third-order valence-corrected chi connectivity index (χ3v) is 4.92. The molecule has 30 heavy (non-hydrogen) atoms. The number of carbonyl (C=O) groups is 1. The lowest BCUT2D eigenvalue weighted by molar-refractivity contribution is 0.0724. The number of rotatable bonds is 5. The van der Waals surface area contributed by atoms with E-state index in [0.717, 1.165) is 12.0 Å². The molecule has 8 nitrogen and oxygen atoms in total. The summed E-state index contributed by atoms with van der Waals surface area (Å²) in [6.07, 6.45) is 2.68.